The van der Waals surface area contributed by atoms with Crippen molar-refractivity contribution in [1.29, 1.82) is 0 Å². The number of rotatable bonds is 3. The number of carbonyl (C=O) groups is 2. The van der Waals surface area contributed by atoms with Gasteiger partial charge < -0.3 is 10.1 Å². The van der Waals surface area contributed by atoms with E-state index in [1.807, 2.05) is 0 Å². The van der Waals surface area contributed by atoms with Crippen molar-refractivity contribution < 1.29 is 31.5 Å². The Morgan fingerprint density at radius 2 is 2.00 bits per heavy atom. The topological polar surface area (TPSA) is 92.8 Å². The van der Waals surface area contributed by atoms with Crippen LogP contribution < -0.4 is 10.2 Å². The maximum absolute atomic E-state index is 14.7. The number of halogens is 2. The van der Waals surface area contributed by atoms with Gasteiger partial charge in [0.05, 0.1) is 24.0 Å². The minimum Gasteiger partial charge on any atom is -0.438 e. The molecule has 1 saturated carbocycles. The van der Waals surface area contributed by atoms with E-state index in [1.165, 1.54) is 13.0 Å². The highest BCUT2D eigenvalue weighted by Gasteiger charge is 2.64. The van der Waals surface area contributed by atoms with Gasteiger partial charge in [0.2, 0.25) is 5.91 Å². The number of anilines is 1. The number of hydrogen-bond donors (Lipinski definition) is 1. The van der Waals surface area contributed by atoms with E-state index in [-0.39, 0.29) is 41.9 Å². The summed E-state index contributed by atoms with van der Waals surface area (Å²) in [4.78, 5) is 24.5. The largest absolute Gasteiger partial charge is 0.438 e. The number of allylic oxidation sites excluding steroid dienone is 1. The van der Waals surface area contributed by atoms with Gasteiger partial charge in [-0.2, -0.15) is 0 Å². The van der Waals surface area contributed by atoms with E-state index in [9.17, 15) is 26.8 Å². The van der Waals surface area contributed by atoms with Crippen LogP contribution in [0.1, 0.15) is 31.2 Å². The summed E-state index contributed by atoms with van der Waals surface area (Å²) in [6, 6.07) is 1.78. The average molecular weight is 412 g/mol. The first-order valence-corrected chi connectivity index (χ1v) is 10.5. The Hall–Kier alpha value is -2.49. The third-order valence-corrected chi connectivity index (χ3v) is 6.69. The third kappa shape index (κ3) is 3.25. The van der Waals surface area contributed by atoms with Crippen LogP contribution in [0.25, 0.3) is 0 Å². The molecule has 2 amide bonds. The van der Waals surface area contributed by atoms with Crippen LogP contribution in [0.2, 0.25) is 0 Å². The predicted octanol–water partition coefficient (Wildman–Crippen LogP) is 1.98. The van der Waals surface area contributed by atoms with Gasteiger partial charge in [0.1, 0.15) is 11.6 Å². The summed E-state index contributed by atoms with van der Waals surface area (Å²) in [5.41, 5.74) is -1.07. The molecule has 1 spiro atoms. The molecule has 1 aromatic carbocycles. The number of nitrogens with zero attached hydrogens (tertiary/aromatic N) is 1. The first-order valence-electron chi connectivity index (χ1n) is 8.78. The first kappa shape index (κ1) is 18.9. The average Bonchev–Trinajstić information content (AvgIpc) is 3.10. The van der Waals surface area contributed by atoms with Crippen LogP contribution in [-0.4, -0.2) is 44.4 Å². The molecule has 150 valence electrons. The molecule has 2 aliphatic heterocycles. The molecule has 4 rings (SSSR count). The number of nitrogens with one attached hydrogen (secondary N) is 1. The monoisotopic (exact) mass is 412 g/mol. The van der Waals surface area contributed by atoms with Crippen molar-refractivity contribution in [3.63, 3.8) is 0 Å². The third-order valence-electron chi connectivity index (χ3n) is 5.32. The lowest BCUT2D eigenvalue weighted by Crippen LogP contribution is -2.33. The fourth-order valence-corrected chi connectivity index (χ4v) is 4.93. The highest BCUT2D eigenvalue weighted by Crippen LogP contribution is 2.46. The van der Waals surface area contributed by atoms with Crippen molar-refractivity contribution in [2.24, 2.45) is 0 Å². The molecule has 7 nitrogen and oxygen atoms in total. The quantitative estimate of drug-likeness (QED) is 0.820. The molecule has 3 unspecified atom stereocenters. The van der Waals surface area contributed by atoms with E-state index < -0.39 is 39.1 Å². The number of benzene rings is 1. The van der Waals surface area contributed by atoms with Crippen LogP contribution in [0, 0.1) is 11.6 Å². The van der Waals surface area contributed by atoms with E-state index in [0.29, 0.717) is 6.42 Å². The Morgan fingerprint density at radius 3 is 2.57 bits per heavy atom. The van der Waals surface area contributed by atoms with E-state index in [1.54, 1.807) is 0 Å². The Kier molecular flexibility index (Phi) is 4.22. The highest BCUT2D eigenvalue weighted by molar-refractivity contribution is 7.94. The summed E-state index contributed by atoms with van der Waals surface area (Å²) in [6.45, 7) is 1.44. The van der Waals surface area contributed by atoms with Gasteiger partial charge in [-0.25, -0.2) is 22.0 Å². The van der Waals surface area contributed by atoms with Crippen molar-refractivity contribution in [1.82, 2.24) is 5.32 Å². The molecule has 0 radical (unpaired) electrons. The second kappa shape index (κ2) is 6.26. The Balaban J connectivity index is 1.57. The molecule has 1 aliphatic carbocycles. The highest BCUT2D eigenvalue weighted by atomic mass is 32.2. The zero-order valence-corrected chi connectivity index (χ0v) is 15.8. The number of carbonyl (C=O) groups excluding carboxylic acids is 2. The zero-order chi connectivity index (χ0) is 20.3. The van der Waals surface area contributed by atoms with Crippen molar-refractivity contribution in [2.75, 3.05) is 17.2 Å². The second-order valence-electron chi connectivity index (χ2n) is 7.39. The standard InChI is InChI=1S/C18H18F2N2O5S/c1-10(23)21-15-8-18(15)9-22(17(24)27-18)12-6-13(19)16(14(20)7-12)11-2-4-28(25,26)5-3-11/h2,4,6-7,11,15H,3,5,8-9H2,1H3,(H,21,23). The SMILES string of the molecule is CC(=O)NC1CC12CN(c1cc(F)c(C3C=CS(=O)(=O)CC3)c(F)c1)C(=O)O2. The van der Waals surface area contributed by atoms with E-state index in [4.69, 9.17) is 4.74 Å². The van der Waals surface area contributed by atoms with Gasteiger partial charge in [-0.05, 0) is 18.6 Å². The van der Waals surface area contributed by atoms with Gasteiger partial charge in [-0.1, -0.05) is 6.08 Å². The number of hydrogen-bond acceptors (Lipinski definition) is 5. The van der Waals surface area contributed by atoms with Crippen LogP contribution in [-0.2, 0) is 19.4 Å². The molecular weight excluding hydrogens is 394 g/mol. The minimum absolute atomic E-state index is 0.0153. The van der Waals surface area contributed by atoms with E-state index in [2.05, 4.69) is 5.32 Å². The van der Waals surface area contributed by atoms with Crippen molar-refractivity contribution in [2.45, 2.75) is 37.3 Å². The fourth-order valence-electron chi connectivity index (χ4n) is 3.78. The molecule has 0 bridgehead atoms. The van der Waals surface area contributed by atoms with Gasteiger partial charge in [-0.15, -0.1) is 0 Å². The fraction of sp³-hybridized carbons (Fsp3) is 0.444. The molecule has 1 aromatic rings. The molecule has 0 aromatic heterocycles. The minimum atomic E-state index is -3.32. The summed E-state index contributed by atoms with van der Waals surface area (Å²) in [7, 11) is -3.32. The molecule has 3 atom stereocenters. The zero-order valence-electron chi connectivity index (χ0n) is 14.9. The Morgan fingerprint density at radius 1 is 1.32 bits per heavy atom. The lowest BCUT2D eigenvalue weighted by atomic mass is 9.94. The number of amides is 2. The predicted molar refractivity (Wildman–Crippen MR) is 95.4 cm³/mol. The van der Waals surface area contributed by atoms with Crippen LogP contribution >= 0.6 is 0 Å². The second-order valence-corrected chi connectivity index (χ2v) is 9.40. The maximum atomic E-state index is 14.7. The lowest BCUT2D eigenvalue weighted by Gasteiger charge is -2.20. The van der Waals surface area contributed by atoms with Gasteiger partial charge in [0, 0.05) is 30.2 Å². The molecule has 3 aliphatic rings. The molecule has 10 heteroatoms. The van der Waals surface area contributed by atoms with Gasteiger partial charge in [-0.3, -0.25) is 9.69 Å². The Bertz CT molecular complexity index is 986. The molecule has 1 N–H and O–H groups in total. The molecule has 1 saturated heterocycles. The van der Waals surface area contributed by atoms with Crippen LogP contribution in [0.5, 0.6) is 0 Å². The molecule has 28 heavy (non-hydrogen) atoms. The lowest BCUT2D eigenvalue weighted by molar-refractivity contribution is -0.119. The molecule has 2 fully saturated rings. The molecule has 2 heterocycles. The molecular formula is C18H18F2N2O5S. The summed E-state index contributed by atoms with van der Waals surface area (Å²) < 4.78 is 57.6. The first-order chi connectivity index (χ1) is 13.1. The van der Waals surface area contributed by atoms with Crippen molar-refractivity contribution in [3.8, 4) is 0 Å². The van der Waals surface area contributed by atoms with Gasteiger partial charge in [0.15, 0.2) is 15.4 Å². The van der Waals surface area contributed by atoms with E-state index in [0.717, 1.165) is 22.4 Å². The normalized spacial score (nSPS) is 30.4. The van der Waals surface area contributed by atoms with Crippen LogP contribution in [0.4, 0.5) is 19.3 Å². The van der Waals surface area contributed by atoms with Crippen LogP contribution in [0.3, 0.4) is 0 Å². The summed E-state index contributed by atoms with van der Waals surface area (Å²) >= 11 is 0. The van der Waals surface area contributed by atoms with E-state index >= 15 is 0 Å². The summed E-state index contributed by atoms with van der Waals surface area (Å²) in [5.74, 6) is -2.83. The number of ether oxygens (including phenoxy) is 1. The number of sulfone groups is 1. The maximum Gasteiger partial charge on any atom is 0.415 e. The van der Waals surface area contributed by atoms with Gasteiger partial charge >= 0.3 is 6.09 Å². The Labute approximate surface area is 160 Å². The van der Waals surface area contributed by atoms with Crippen LogP contribution in [0.15, 0.2) is 23.6 Å². The smallest absolute Gasteiger partial charge is 0.415 e. The van der Waals surface area contributed by atoms with Crippen molar-refractivity contribution >= 4 is 27.5 Å². The summed E-state index contributed by atoms with van der Waals surface area (Å²) in [6.07, 6.45) is 1.07. The summed E-state index contributed by atoms with van der Waals surface area (Å²) in [5, 5.41) is 3.65. The van der Waals surface area contributed by atoms with Gasteiger partial charge in [0.25, 0.3) is 0 Å². The van der Waals surface area contributed by atoms with Crippen molar-refractivity contribution in [3.05, 3.63) is 40.8 Å².